The zero-order valence-electron chi connectivity index (χ0n) is 21.9. The first kappa shape index (κ1) is 28.3. The second-order valence-electron chi connectivity index (χ2n) is 7.53. The van der Waals surface area contributed by atoms with Gasteiger partial charge in [-0.3, -0.25) is 0 Å². The fourth-order valence-corrected chi connectivity index (χ4v) is 3.81. The van der Waals surface area contributed by atoms with E-state index < -0.39 is 23.9 Å². The molecule has 36 heavy (non-hydrogen) atoms. The SMILES string of the molecule is CCOC(=O)c1c(C(=O)OCC)c(C)n(N=Nn2c(C)c(C(=O)OCC)c(C(=O)OCC)c2C)c1C. The molecule has 0 saturated carbocycles. The smallest absolute Gasteiger partial charge is 0.340 e. The molecule has 0 aromatic carbocycles. The largest absolute Gasteiger partial charge is 0.462 e. The number of carbonyl (C=O) groups is 4. The maximum Gasteiger partial charge on any atom is 0.340 e. The Morgan fingerprint density at radius 3 is 0.861 bits per heavy atom. The average Bonchev–Trinajstić information content (AvgIpc) is 3.22. The van der Waals surface area contributed by atoms with Gasteiger partial charge in [0.1, 0.15) is 0 Å². The van der Waals surface area contributed by atoms with Gasteiger partial charge in [-0.15, -0.1) is 0 Å². The summed E-state index contributed by atoms with van der Waals surface area (Å²) in [4.78, 5) is 50.6. The summed E-state index contributed by atoms with van der Waals surface area (Å²) in [6.45, 7) is 13.4. The van der Waals surface area contributed by atoms with E-state index in [1.807, 2.05) is 0 Å². The van der Waals surface area contributed by atoms with Crippen molar-refractivity contribution in [1.82, 2.24) is 9.35 Å². The third-order valence-corrected chi connectivity index (χ3v) is 5.36. The summed E-state index contributed by atoms with van der Waals surface area (Å²) in [6.07, 6.45) is 0. The van der Waals surface area contributed by atoms with Crippen LogP contribution in [0.2, 0.25) is 0 Å². The van der Waals surface area contributed by atoms with Crippen LogP contribution in [0.25, 0.3) is 0 Å². The first-order valence-electron chi connectivity index (χ1n) is 11.6. The van der Waals surface area contributed by atoms with E-state index in [1.165, 1.54) is 9.35 Å². The van der Waals surface area contributed by atoms with E-state index >= 15 is 0 Å². The molecule has 0 unspecified atom stereocenters. The van der Waals surface area contributed by atoms with Crippen molar-refractivity contribution in [1.29, 1.82) is 0 Å². The lowest BCUT2D eigenvalue weighted by Gasteiger charge is -2.05. The highest BCUT2D eigenvalue weighted by molar-refractivity contribution is 6.06. The third kappa shape index (κ3) is 5.31. The Kier molecular flexibility index (Phi) is 9.53. The molecule has 0 aliphatic rings. The molecule has 0 saturated heterocycles. The molecule has 2 heterocycles. The maximum absolute atomic E-state index is 12.6. The predicted octanol–water partition coefficient (Wildman–Crippen LogP) is 3.91. The van der Waals surface area contributed by atoms with Gasteiger partial charge >= 0.3 is 23.9 Å². The minimum atomic E-state index is -0.697. The number of rotatable bonds is 10. The highest BCUT2D eigenvalue weighted by atomic mass is 16.5. The van der Waals surface area contributed by atoms with E-state index in [9.17, 15) is 19.2 Å². The van der Waals surface area contributed by atoms with Crippen LogP contribution < -0.4 is 0 Å². The van der Waals surface area contributed by atoms with E-state index in [-0.39, 0.29) is 48.7 Å². The lowest BCUT2D eigenvalue weighted by atomic mass is 10.1. The fourth-order valence-electron chi connectivity index (χ4n) is 3.81. The highest BCUT2D eigenvalue weighted by Gasteiger charge is 2.31. The Bertz CT molecular complexity index is 1030. The molecule has 2 aromatic rings. The molecule has 0 spiro atoms. The first-order valence-corrected chi connectivity index (χ1v) is 11.6. The van der Waals surface area contributed by atoms with E-state index in [0.717, 1.165) is 0 Å². The van der Waals surface area contributed by atoms with Crippen molar-refractivity contribution in [2.45, 2.75) is 55.4 Å². The van der Waals surface area contributed by atoms with Gasteiger partial charge < -0.3 is 18.9 Å². The van der Waals surface area contributed by atoms with E-state index in [0.29, 0.717) is 22.8 Å². The van der Waals surface area contributed by atoms with Crippen LogP contribution in [0.4, 0.5) is 0 Å². The summed E-state index contributed by atoms with van der Waals surface area (Å²) >= 11 is 0. The lowest BCUT2D eigenvalue weighted by molar-refractivity contribution is 0.0479. The van der Waals surface area contributed by atoms with Crippen molar-refractivity contribution in [3.05, 3.63) is 45.0 Å². The molecule has 0 radical (unpaired) electrons. The minimum absolute atomic E-state index is 0.0205. The zero-order chi connectivity index (χ0) is 27.2. The van der Waals surface area contributed by atoms with Crippen LogP contribution in [-0.4, -0.2) is 59.7 Å². The molecule has 0 N–H and O–H groups in total. The molecule has 0 atom stereocenters. The van der Waals surface area contributed by atoms with Gasteiger partial charge in [0, 0.05) is 0 Å². The van der Waals surface area contributed by atoms with E-state index in [1.54, 1.807) is 55.4 Å². The van der Waals surface area contributed by atoms with Crippen LogP contribution in [0, 0.1) is 27.7 Å². The summed E-state index contributed by atoms with van der Waals surface area (Å²) in [5.74, 6) is -2.79. The minimum Gasteiger partial charge on any atom is -0.462 e. The number of hydrogen-bond donors (Lipinski definition) is 0. The van der Waals surface area contributed by atoms with Crippen molar-refractivity contribution in [2.24, 2.45) is 10.4 Å². The van der Waals surface area contributed by atoms with Gasteiger partial charge in [0.2, 0.25) is 0 Å². The van der Waals surface area contributed by atoms with Gasteiger partial charge in [-0.2, -0.15) is 0 Å². The number of ether oxygens (including phenoxy) is 4. The van der Waals surface area contributed by atoms with Gasteiger partial charge in [-0.1, -0.05) is 0 Å². The molecule has 2 rings (SSSR count). The van der Waals surface area contributed by atoms with Gasteiger partial charge in [0.15, 0.2) is 0 Å². The molecule has 0 bridgehead atoms. The molecular formula is C24H32N4O8. The van der Waals surface area contributed by atoms with Crippen molar-refractivity contribution in [3.63, 3.8) is 0 Å². The van der Waals surface area contributed by atoms with Crippen LogP contribution in [0.1, 0.15) is 91.9 Å². The number of carbonyl (C=O) groups excluding carboxylic acids is 4. The van der Waals surface area contributed by atoms with E-state index in [2.05, 4.69) is 10.4 Å². The Hall–Kier alpha value is -3.96. The van der Waals surface area contributed by atoms with Crippen LogP contribution in [0.15, 0.2) is 10.4 Å². The normalized spacial score (nSPS) is 11.0. The molecule has 0 aliphatic heterocycles. The van der Waals surface area contributed by atoms with Crippen molar-refractivity contribution in [2.75, 3.05) is 26.4 Å². The van der Waals surface area contributed by atoms with Crippen molar-refractivity contribution >= 4 is 23.9 Å². The Morgan fingerprint density at radius 1 is 0.500 bits per heavy atom. The molecular weight excluding hydrogens is 472 g/mol. The molecule has 196 valence electrons. The zero-order valence-corrected chi connectivity index (χ0v) is 21.9. The highest BCUT2D eigenvalue weighted by Crippen LogP contribution is 2.27. The summed E-state index contributed by atoms with van der Waals surface area (Å²) in [5.41, 5.74) is 1.29. The van der Waals surface area contributed by atoms with Gasteiger partial charge in [-0.25, -0.2) is 28.5 Å². The van der Waals surface area contributed by atoms with Crippen molar-refractivity contribution in [3.8, 4) is 0 Å². The standard InChI is InChI=1S/C24H32N4O8/c1-9-33-21(29)17-13(5)27(14(6)18(17)22(30)34-10-2)25-26-28-15(7)19(23(31)35-11-3)20(16(28)8)24(32)36-12-4/h9-12H2,1-8H3. The summed E-state index contributed by atoms with van der Waals surface area (Å²) in [5, 5.41) is 8.43. The third-order valence-electron chi connectivity index (χ3n) is 5.36. The summed E-state index contributed by atoms with van der Waals surface area (Å²) in [6, 6.07) is 0. The van der Waals surface area contributed by atoms with Gasteiger partial charge in [0.25, 0.3) is 0 Å². The fraction of sp³-hybridized carbons (Fsp3) is 0.500. The molecule has 2 aromatic heterocycles. The quantitative estimate of drug-likeness (QED) is 0.269. The van der Waals surface area contributed by atoms with Gasteiger partial charge in [0.05, 0.1) is 71.5 Å². The second-order valence-corrected chi connectivity index (χ2v) is 7.53. The van der Waals surface area contributed by atoms with Crippen LogP contribution >= 0.6 is 0 Å². The molecule has 0 fully saturated rings. The first-order chi connectivity index (χ1) is 17.1. The second kappa shape index (κ2) is 12.1. The summed E-state index contributed by atoms with van der Waals surface area (Å²) in [7, 11) is 0. The Labute approximate surface area is 209 Å². The number of aromatic nitrogens is 2. The number of esters is 4. The predicted molar refractivity (Wildman–Crippen MR) is 127 cm³/mol. The lowest BCUT2D eigenvalue weighted by Crippen LogP contribution is -2.13. The van der Waals surface area contributed by atoms with Crippen LogP contribution in [-0.2, 0) is 18.9 Å². The number of nitrogens with zero attached hydrogens (tertiary/aromatic N) is 4. The molecule has 0 aliphatic carbocycles. The van der Waals surface area contributed by atoms with Crippen LogP contribution in [0.5, 0.6) is 0 Å². The molecule has 0 amide bonds. The van der Waals surface area contributed by atoms with Crippen molar-refractivity contribution < 1.29 is 38.1 Å². The maximum atomic E-state index is 12.6. The summed E-state index contributed by atoms with van der Waals surface area (Å²) < 4.78 is 23.1. The average molecular weight is 505 g/mol. The number of hydrogen-bond acceptors (Lipinski definition) is 10. The van der Waals surface area contributed by atoms with E-state index in [4.69, 9.17) is 18.9 Å². The topological polar surface area (TPSA) is 140 Å². The van der Waals surface area contributed by atoms with Crippen LogP contribution in [0.3, 0.4) is 0 Å². The Morgan fingerprint density at radius 2 is 0.694 bits per heavy atom. The monoisotopic (exact) mass is 504 g/mol. The van der Waals surface area contributed by atoms with Gasteiger partial charge in [-0.05, 0) is 65.8 Å². The molecule has 12 heteroatoms. The molecule has 12 nitrogen and oxygen atoms in total. The Balaban J connectivity index is 2.72.